The third-order valence-corrected chi connectivity index (χ3v) is 8.25. The minimum absolute atomic E-state index is 0.155. The maximum Gasteiger partial charge on any atom is 0.338 e. The first-order chi connectivity index (χ1) is 20.3. The van der Waals surface area contributed by atoms with E-state index in [1.807, 2.05) is 91.9 Å². The van der Waals surface area contributed by atoms with Crippen molar-refractivity contribution in [2.75, 3.05) is 13.7 Å². The molecule has 1 aromatic heterocycles. The second kappa shape index (κ2) is 12.6. The van der Waals surface area contributed by atoms with Crippen LogP contribution < -0.4 is 19.6 Å². The van der Waals surface area contributed by atoms with Crippen molar-refractivity contribution in [3.8, 4) is 5.75 Å². The molecule has 0 N–H and O–H groups in total. The first-order valence-corrected chi connectivity index (χ1v) is 14.8. The Kier molecular flexibility index (Phi) is 8.69. The topological polar surface area (TPSA) is 69.9 Å². The van der Waals surface area contributed by atoms with Gasteiger partial charge in [0.2, 0.25) is 0 Å². The predicted octanol–water partition coefficient (Wildman–Crippen LogP) is 6.04. The highest BCUT2D eigenvalue weighted by Crippen LogP contribution is 2.39. The Morgan fingerprint density at radius 1 is 1.07 bits per heavy atom. The SMILES string of the molecule is CCOC(=O)C1=C(c2ccccc2)N=c2s/c(=C\C=C\c3ccccc3)c(=O)n2[C@@H]1c1cc(C(C)C)c(OC)cc1C. The van der Waals surface area contributed by atoms with Crippen LogP contribution in [0.3, 0.4) is 0 Å². The molecule has 0 aliphatic carbocycles. The number of aryl methyl sites for hydroxylation is 1. The maximum atomic E-state index is 14.1. The molecule has 1 aliphatic rings. The zero-order chi connectivity index (χ0) is 29.8. The lowest BCUT2D eigenvalue weighted by Gasteiger charge is -2.28. The highest BCUT2D eigenvalue weighted by Gasteiger charge is 2.36. The molecule has 0 radical (unpaired) electrons. The number of thiazole rings is 1. The molecule has 42 heavy (non-hydrogen) atoms. The van der Waals surface area contributed by atoms with Crippen molar-refractivity contribution in [2.24, 2.45) is 4.99 Å². The van der Waals surface area contributed by atoms with Gasteiger partial charge in [0.05, 0.1) is 35.6 Å². The minimum Gasteiger partial charge on any atom is -0.496 e. The number of hydrogen-bond donors (Lipinski definition) is 0. The summed E-state index contributed by atoms with van der Waals surface area (Å²) in [5, 5.41) is 0. The first kappa shape index (κ1) is 29.0. The third-order valence-electron chi connectivity index (χ3n) is 7.24. The van der Waals surface area contributed by atoms with E-state index in [-0.39, 0.29) is 18.1 Å². The van der Waals surface area contributed by atoms with E-state index in [0.29, 0.717) is 20.6 Å². The first-order valence-electron chi connectivity index (χ1n) is 14.0. The Balaban J connectivity index is 1.82. The van der Waals surface area contributed by atoms with Gasteiger partial charge in [0, 0.05) is 5.56 Å². The van der Waals surface area contributed by atoms with Gasteiger partial charge in [-0.1, -0.05) is 98.0 Å². The van der Waals surface area contributed by atoms with Crippen molar-refractivity contribution in [1.82, 2.24) is 4.57 Å². The van der Waals surface area contributed by atoms with Crippen molar-refractivity contribution in [3.05, 3.63) is 132 Å². The van der Waals surface area contributed by atoms with Crippen LogP contribution in [-0.4, -0.2) is 24.3 Å². The fraction of sp³-hybridized carbons (Fsp3) is 0.229. The van der Waals surface area contributed by atoms with E-state index in [9.17, 15) is 9.59 Å². The number of esters is 1. The Hall–Kier alpha value is -4.49. The van der Waals surface area contributed by atoms with Crippen LogP contribution in [-0.2, 0) is 9.53 Å². The Bertz CT molecular complexity index is 1850. The number of nitrogens with zero attached hydrogens (tertiary/aromatic N) is 2. The number of ether oxygens (including phenoxy) is 2. The summed E-state index contributed by atoms with van der Waals surface area (Å²) >= 11 is 1.31. The van der Waals surface area contributed by atoms with E-state index in [2.05, 4.69) is 19.9 Å². The summed E-state index contributed by atoms with van der Waals surface area (Å²) in [5.74, 6) is 0.432. The zero-order valence-electron chi connectivity index (χ0n) is 24.5. The molecule has 0 unspecified atom stereocenters. The van der Waals surface area contributed by atoms with E-state index in [0.717, 1.165) is 33.6 Å². The maximum absolute atomic E-state index is 14.1. The Morgan fingerprint density at radius 3 is 2.40 bits per heavy atom. The smallest absolute Gasteiger partial charge is 0.338 e. The van der Waals surface area contributed by atoms with Crippen LogP contribution in [0.1, 0.15) is 60.5 Å². The number of carbonyl (C=O) groups excluding carboxylic acids is 1. The standard InChI is InChI=1S/C35H34N2O4S/c1-6-41-34(39)30-31(25-17-11-8-12-18-25)36-35-37(32(30)27-21-26(22(2)3)28(40-5)20-23(27)4)33(38)29(42-35)19-13-16-24-14-9-7-10-15-24/h7-22,32H,6H2,1-5H3/b16-13+,29-19-/t32-/m1/s1. The number of fused-ring (bicyclic) bond motifs is 1. The summed E-state index contributed by atoms with van der Waals surface area (Å²) < 4.78 is 13.5. The number of hydrogen-bond acceptors (Lipinski definition) is 6. The molecule has 1 aliphatic heterocycles. The molecule has 214 valence electrons. The van der Waals surface area contributed by atoms with E-state index in [1.165, 1.54) is 11.3 Å². The summed E-state index contributed by atoms with van der Waals surface area (Å²) in [6, 6.07) is 22.8. The summed E-state index contributed by atoms with van der Waals surface area (Å²) in [6.45, 7) is 8.15. The number of methoxy groups -OCH3 is 1. The molecule has 2 heterocycles. The number of benzene rings is 3. The quantitative estimate of drug-likeness (QED) is 0.239. The zero-order valence-corrected chi connectivity index (χ0v) is 25.3. The largest absolute Gasteiger partial charge is 0.496 e. The van der Waals surface area contributed by atoms with Crippen LogP contribution in [0.5, 0.6) is 5.75 Å². The van der Waals surface area contributed by atoms with Crippen molar-refractivity contribution in [3.63, 3.8) is 0 Å². The van der Waals surface area contributed by atoms with E-state index >= 15 is 0 Å². The van der Waals surface area contributed by atoms with E-state index in [1.54, 1.807) is 18.6 Å². The lowest BCUT2D eigenvalue weighted by Crippen LogP contribution is -2.40. The number of aromatic nitrogens is 1. The van der Waals surface area contributed by atoms with Gasteiger partial charge in [-0.3, -0.25) is 9.36 Å². The van der Waals surface area contributed by atoms with Crippen molar-refractivity contribution in [2.45, 2.75) is 39.7 Å². The fourth-order valence-corrected chi connectivity index (χ4v) is 6.15. The van der Waals surface area contributed by atoms with Gasteiger partial charge in [0.15, 0.2) is 4.80 Å². The van der Waals surface area contributed by atoms with Crippen molar-refractivity contribution in [1.29, 1.82) is 0 Å². The van der Waals surface area contributed by atoms with Crippen LogP contribution in [0.15, 0.2) is 94.2 Å². The third kappa shape index (κ3) is 5.65. The molecule has 4 aromatic rings. The summed E-state index contributed by atoms with van der Waals surface area (Å²) in [5.41, 5.74) is 5.17. The molecule has 5 rings (SSSR count). The van der Waals surface area contributed by atoms with Crippen LogP contribution in [0.2, 0.25) is 0 Å². The number of rotatable bonds is 8. The Labute approximate surface area is 249 Å². The lowest BCUT2D eigenvalue weighted by molar-refractivity contribution is -0.138. The molecular weight excluding hydrogens is 544 g/mol. The molecule has 0 saturated heterocycles. The highest BCUT2D eigenvalue weighted by atomic mass is 32.1. The molecule has 3 aromatic carbocycles. The molecule has 6 nitrogen and oxygen atoms in total. The molecule has 0 saturated carbocycles. The second-order valence-electron chi connectivity index (χ2n) is 10.3. The van der Waals surface area contributed by atoms with E-state index < -0.39 is 12.0 Å². The summed E-state index contributed by atoms with van der Waals surface area (Å²) in [6.07, 6.45) is 5.64. The van der Waals surface area contributed by atoms with Crippen molar-refractivity contribution >= 4 is 35.2 Å². The predicted molar refractivity (Wildman–Crippen MR) is 169 cm³/mol. The normalized spacial score (nSPS) is 15.2. The lowest BCUT2D eigenvalue weighted by atomic mass is 9.87. The van der Waals surface area contributed by atoms with Crippen LogP contribution >= 0.6 is 11.3 Å². The van der Waals surface area contributed by atoms with Gasteiger partial charge in [0.25, 0.3) is 5.56 Å². The molecule has 0 spiro atoms. The van der Waals surface area contributed by atoms with Crippen LogP contribution in [0.4, 0.5) is 0 Å². The molecule has 0 bridgehead atoms. The minimum atomic E-state index is -0.737. The monoisotopic (exact) mass is 578 g/mol. The molecule has 0 fully saturated rings. The van der Waals surface area contributed by atoms with Gasteiger partial charge in [-0.05, 0) is 60.2 Å². The summed E-state index contributed by atoms with van der Waals surface area (Å²) in [7, 11) is 1.66. The van der Waals surface area contributed by atoms with E-state index in [4.69, 9.17) is 14.5 Å². The molecule has 0 amide bonds. The average Bonchev–Trinajstić information content (AvgIpc) is 3.31. The number of carbonyl (C=O) groups is 1. The van der Waals surface area contributed by atoms with Gasteiger partial charge in [-0.25, -0.2) is 9.79 Å². The molecular formula is C35H34N2O4S. The van der Waals surface area contributed by atoms with Gasteiger partial charge < -0.3 is 9.47 Å². The van der Waals surface area contributed by atoms with Gasteiger partial charge in [-0.15, -0.1) is 0 Å². The second-order valence-corrected chi connectivity index (χ2v) is 11.3. The van der Waals surface area contributed by atoms with Crippen LogP contribution in [0, 0.1) is 6.92 Å². The Morgan fingerprint density at radius 2 is 1.76 bits per heavy atom. The molecule has 1 atom stereocenters. The summed E-state index contributed by atoms with van der Waals surface area (Å²) in [4.78, 5) is 33.4. The molecule has 7 heteroatoms. The highest BCUT2D eigenvalue weighted by molar-refractivity contribution is 7.07. The van der Waals surface area contributed by atoms with Crippen molar-refractivity contribution < 1.29 is 14.3 Å². The van der Waals surface area contributed by atoms with Gasteiger partial charge in [-0.2, -0.15) is 0 Å². The van der Waals surface area contributed by atoms with Crippen LogP contribution in [0.25, 0.3) is 17.8 Å². The fourth-order valence-electron chi connectivity index (χ4n) is 5.20. The number of allylic oxidation sites excluding steroid dienone is 1. The van der Waals surface area contributed by atoms with Gasteiger partial charge >= 0.3 is 5.97 Å². The average molecular weight is 579 g/mol. The van der Waals surface area contributed by atoms with Gasteiger partial charge in [0.1, 0.15) is 5.75 Å².